The van der Waals surface area contributed by atoms with Crippen molar-refractivity contribution in [3.63, 3.8) is 0 Å². The molecule has 0 unspecified atom stereocenters. The summed E-state index contributed by atoms with van der Waals surface area (Å²) in [7, 11) is 1.28. The van der Waals surface area contributed by atoms with Gasteiger partial charge in [-0.2, -0.15) is 0 Å². The molecule has 5 heteroatoms. The second kappa shape index (κ2) is 5.65. The van der Waals surface area contributed by atoms with Crippen LogP contribution < -0.4 is 5.32 Å². The van der Waals surface area contributed by atoms with E-state index in [4.69, 9.17) is 0 Å². The summed E-state index contributed by atoms with van der Waals surface area (Å²) in [6.45, 7) is 1.70. The first-order valence-electron chi connectivity index (χ1n) is 4.66. The van der Waals surface area contributed by atoms with E-state index < -0.39 is 5.97 Å². The lowest BCUT2D eigenvalue weighted by Crippen LogP contribution is -2.30. The molecule has 1 aromatic carbocycles. The third kappa shape index (κ3) is 3.06. The minimum absolute atomic E-state index is 0.129. The van der Waals surface area contributed by atoms with E-state index in [1.165, 1.54) is 7.11 Å². The average molecular weight is 286 g/mol. The van der Waals surface area contributed by atoms with E-state index in [-0.39, 0.29) is 12.5 Å². The van der Waals surface area contributed by atoms with Crippen LogP contribution in [0.2, 0.25) is 0 Å². The number of carbonyl (C=O) groups is 2. The van der Waals surface area contributed by atoms with E-state index in [0.29, 0.717) is 10.0 Å². The number of benzene rings is 1. The van der Waals surface area contributed by atoms with Crippen LogP contribution in [0, 0.1) is 6.92 Å². The van der Waals surface area contributed by atoms with Gasteiger partial charge in [0.1, 0.15) is 6.54 Å². The van der Waals surface area contributed by atoms with Crippen molar-refractivity contribution >= 4 is 27.8 Å². The third-order valence-corrected chi connectivity index (χ3v) is 2.73. The quantitative estimate of drug-likeness (QED) is 0.860. The molecule has 16 heavy (non-hydrogen) atoms. The van der Waals surface area contributed by atoms with E-state index >= 15 is 0 Å². The molecule has 1 rings (SSSR count). The fraction of sp³-hybridized carbons (Fsp3) is 0.273. The first kappa shape index (κ1) is 12.7. The standard InChI is InChI=1S/C11H12BrNO3/c1-7-4-3-5-8(12)10(7)11(15)13-6-9(14)16-2/h3-5H,6H2,1-2H3,(H,13,15). The number of esters is 1. The van der Waals surface area contributed by atoms with Crippen LogP contribution in [-0.4, -0.2) is 25.5 Å². The molecule has 0 spiro atoms. The Bertz CT molecular complexity index is 397. The summed E-state index contributed by atoms with van der Waals surface area (Å²) in [6, 6.07) is 5.45. The van der Waals surface area contributed by atoms with Crippen LogP contribution in [0.1, 0.15) is 15.9 Å². The molecule has 0 bridgehead atoms. The number of ether oxygens (including phenoxy) is 1. The maximum atomic E-state index is 11.8. The molecule has 0 saturated heterocycles. The van der Waals surface area contributed by atoms with Crippen molar-refractivity contribution in [3.05, 3.63) is 33.8 Å². The molecule has 0 radical (unpaired) electrons. The maximum Gasteiger partial charge on any atom is 0.325 e. The van der Waals surface area contributed by atoms with E-state index in [1.807, 2.05) is 19.1 Å². The number of carbonyl (C=O) groups excluding carboxylic acids is 2. The first-order valence-corrected chi connectivity index (χ1v) is 5.45. The summed E-state index contributed by atoms with van der Waals surface area (Å²) in [5.74, 6) is -0.770. The molecule has 0 fully saturated rings. The topological polar surface area (TPSA) is 55.4 Å². The molecule has 0 aliphatic carbocycles. The largest absolute Gasteiger partial charge is 0.468 e. The lowest BCUT2D eigenvalue weighted by atomic mass is 10.1. The number of nitrogens with one attached hydrogen (secondary N) is 1. The van der Waals surface area contributed by atoms with Gasteiger partial charge in [-0.3, -0.25) is 9.59 Å². The summed E-state index contributed by atoms with van der Waals surface area (Å²) < 4.78 is 5.14. The summed E-state index contributed by atoms with van der Waals surface area (Å²) in [6.07, 6.45) is 0. The zero-order chi connectivity index (χ0) is 12.1. The van der Waals surface area contributed by atoms with Crippen LogP contribution in [-0.2, 0) is 9.53 Å². The zero-order valence-electron chi connectivity index (χ0n) is 9.04. The number of hydrogen-bond donors (Lipinski definition) is 1. The predicted molar refractivity (Wildman–Crippen MR) is 63.2 cm³/mol. The Labute approximate surface area is 102 Å². The predicted octanol–water partition coefficient (Wildman–Crippen LogP) is 1.66. The van der Waals surface area contributed by atoms with E-state index in [2.05, 4.69) is 26.0 Å². The molecular weight excluding hydrogens is 274 g/mol. The summed E-state index contributed by atoms with van der Waals surface area (Å²) >= 11 is 3.29. The molecule has 86 valence electrons. The second-order valence-electron chi connectivity index (χ2n) is 3.19. The molecule has 0 heterocycles. The molecule has 4 nitrogen and oxygen atoms in total. The maximum absolute atomic E-state index is 11.8. The fourth-order valence-electron chi connectivity index (χ4n) is 1.23. The minimum atomic E-state index is -0.474. The Kier molecular flexibility index (Phi) is 4.49. The van der Waals surface area contributed by atoms with Gasteiger partial charge in [0.15, 0.2) is 0 Å². The van der Waals surface area contributed by atoms with Crippen molar-refractivity contribution < 1.29 is 14.3 Å². The van der Waals surface area contributed by atoms with Crippen LogP contribution in [0.5, 0.6) is 0 Å². The Morgan fingerprint density at radius 1 is 1.44 bits per heavy atom. The SMILES string of the molecule is COC(=O)CNC(=O)c1c(C)cccc1Br. The number of amides is 1. The summed E-state index contributed by atoms with van der Waals surface area (Å²) in [4.78, 5) is 22.6. The van der Waals surface area contributed by atoms with Crippen molar-refractivity contribution in [2.24, 2.45) is 0 Å². The normalized spacial score (nSPS) is 9.69. The molecule has 0 aliphatic heterocycles. The van der Waals surface area contributed by atoms with Crippen molar-refractivity contribution in [1.29, 1.82) is 0 Å². The van der Waals surface area contributed by atoms with Gasteiger partial charge in [-0.25, -0.2) is 0 Å². The van der Waals surface area contributed by atoms with Crippen LogP contribution in [0.15, 0.2) is 22.7 Å². The van der Waals surface area contributed by atoms with Gasteiger partial charge in [-0.1, -0.05) is 12.1 Å². The van der Waals surface area contributed by atoms with Gasteiger partial charge in [0.05, 0.1) is 12.7 Å². The molecule has 0 saturated carbocycles. The zero-order valence-corrected chi connectivity index (χ0v) is 10.6. The molecule has 1 amide bonds. The number of hydrogen-bond acceptors (Lipinski definition) is 3. The second-order valence-corrected chi connectivity index (χ2v) is 4.04. The minimum Gasteiger partial charge on any atom is -0.468 e. The Morgan fingerprint density at radius 2 is 2.12 bits per heavy atom. The molecular formula is C11H12BrNO3. The Balaban J connectivity index is 2.77. The molecule has 0 aliphatic rings. The van der Waals surface area contributed by atoms with E-state index in [1.54, 1.807) is 6.07 Å². The smallest absolute Gasteiger partial charge is 0.325 e. The number of rotatable bonds is 3. The van der Waals surface area contributed by atoms with Gasteiger partial charge in [-0.15, -0.1) is 0 Å². The van der Waals surface area contributed by atoms with Crippen molar-refractivity contribution in [2.75, 3.05) is 13.7 Å². The van der Waals surface area contributed by atoms with Crippen molar-refractivity contribution in [2.45, 2.75) is 6.92 Å². The first-order chi connectivity index (χ1) is 7.56. The van der Waals surface area contributed by atoms with Crippen molar-refractivity contribution in [1.82, 2.24) is 5.32 Å². The highest BCUT2D eigenvalue weighted by molar-refractivity contribution is 9.10. The van der Waals surface area contributed by atoms with Crippen LogP contribution >= 0.6 is 15.9 Å². The van der Waals surface area contributed by atoms with E-state index in [9.17, 15) is 9.59 Å². The highest BCUT2D eigenvalue weighted by atomic mass is 79.9. The molecule has 0 atom stereocenters. The lowest BCUT2D eigenvalue weighted by Gasteiger charge is -2.08. The summed E-state index contributed by atoms with van der Waals surface area (Å²) in [5.41, 5.74) is 1.38. The Morgan fingerprint density at radius 3 is 2.69 bits per heavy atom. The molecule has 0 aromatic heterocycles. The monoisotopic (exact) mass is 285 g/mol. The Hall–Kier alpha value is -1.36. The number of aryl methyl sites for hydroxylation is 1. The van der Waals surface area contributed by atoms with Gasteiger partial charge in [-0.05, 0) is 34.5 Å². The highest BCUT2D eigenvalue weighted by Crippen LogP contribution is 2.19. The highest BCUT2D eigenvalue weighted by Gasteiger charge is 2.13. The van der Waals surface area contributed by atoms with Gasteiger partial charge in [0.25, 0.3) is 5.91 Å². The fourth-order valence-corrected chi connectivity index (χ4v) is 1.88. The van der Waals surface area contributed by atoms with Gasteiger partial charge in [0, 0.05) is 4.47 Å². The van der Waals surface area contributed by atoms with Gasteiger partial charge in [0.2, 0.25) is 0 Å². The third-order valence-electron chi connectivity index (χ3n) is 2.07. The van der Waals surface area contributed by atoms with Gasteiger partial charge >= 0.3 is 5.97 Å². The molecule has 1 N–H and O–H groups in total. The molecule has 1 aromatic rings. The van der Waals surface area contributed by atoms with Crippen molar-refractivity contribution in [3.8, 4) is 0 Å². The summed E-state index contributed by atoms with van der Waals surface area (Å²) in [5, 5.41) is 2.49. The van der Waals surface area contributed by atoms with Gasteiger partial charge < -0.3 is 10.1 Å². The lowest BCUT2D eigenvalue weighted by molar-refractivity contribution is -0.139. The van der Waals surface area contributed by atoms with Crippen LogP contribution in [0.3, 0.4) is 0 Å². The average Bonchev–Trinajstić information content (AvgIpc) is 2.25. The van der Waals surface area contributed by atoms with Crippen LogP contribution in [0.25, 0.3) is 0 Å². The number of methoxy groups -OCH3 is 1. The van der Waals surface area contributed by atoms with E-state index in [0.717, 1.165) is 5.56 Å². The number of halogens is 1. The van der Waals surface area contributed by atoms with Crippen LogP contribution in [0.4, 0.5) is 0 Å².